The van der Waals surface area contributed by atoms with Gasteiger partial charge in [-0.2, -0.15) is 0 Å². The first-order valence-electron chi connectivity index (χ1n) is 2.96. The molecule has 2 rings (SSSR count). The van der Waals surface area contributed by atoms with Gasteiger partial charge in [-0.05, 0) is 6.92 Å². The average Bonchev–Trinajstić information content (AvgIpc) is 2.41. The molecule has 0 saturated carbocycles. The van der Waals surface area contributed by atoms with Crippen molar-refractivity contribution in [3.63, 3.8) is 0 Å². The van der Waals surface area contributed by atoms with Crippen LogP contribution in [0, 0.1) is 6.92 Å². The molecule has 0 aliphatic rings. The fourth-order valence-corrected chi connectivity index (χ4v) is 1.14. The molecule has 0 aromatic carbocycles. The lowest BCUT2D eigenvalue weighted by atomic mass is 10.5. The van der Waals surface area contributed by atoms with E-state index in [4.69, 9.17) is 11.6 Å². The summed E-state index contributed by atoms with van der Waals surface area (Å²) in [5, 5.41) is 3.73. The first-order chi connectivity index (χ1) is 4.79. The second-order valence-electron chi connectivity index (χ2n) is 2.17. The van der Waals surface area contributed by atoms with E-state index in [0.29, 0.717) is 5.02 Å². The molecule has 0 saturated heterocycles. The van der Waals surface area contributed by atoms with E-state index in [1.807, 2.05) is 13.1 Å². The Morgan fingerprint density at radius 3 is 3.20 bits per heavy atom. The monoisotopic (exact) mass is 155 g/mol. The van der Waals surface area contributed by atoms with E-state index in [9.17, 15) is 0 Å². The minimum absolute atomic E-state index is 0.699. The standard InChI is InChI=1S/C6H6ClN3/c1-4-5(7)6-8-2-3-10(6)9-4/h2-3,9H,1H3. The molecule has 2 aromatic heterocycles. The van der Waals surface area contributed by atoms with E-state index in [1.54, 1.807) is 10.7 Å². The Morgan fingerprint density at radius 2 is 2.50 bits per heavy atom. The van der Waals surface area contributed by atoms with Gasteiger partial charge in [0.2, 0.25) is 0 Å². The quantitative estimate of drug-likeness (QED) is 0.616. The van der Waals surface area contributed by atoms with Crippen LogP contribution in [0.5, 0.6) is 0 Å². The van der Waals surface area contributed by atoms with Crippen LogP contribution in [0.3, 0.4) is 0 Å². The molecule has 0 bridgehead atoms. The molecule has 2 aromatic rings. The molecule has 0 amide bonds. The van der Waals surface area contributed by atoms with Crippen LogP contribution < -0.4 is 0 Å². The van der Waals surface area contributed by atoms with E-state index in [-0.39, 0.29) is 0 Å². The largest absolute Gasteiger partial charge is 0.296 e. The Labute approximate surface area is 62.6 Å². The van der Waals surface area contributed by atoms with Crippen molar-refractivity contribution in [2.24, 2.45) is 0 Å². The summed E-state index contributed by atoms with van der Waals surface area (Å²) in [6.07, 6.45) is 3.53. The number of imidazole rings is 1. The van der Waals surface area contributed by atoms with Crippen LogP contribution in [-0.4, -0.2) is 14.6 Å². The number of halogens is 1. The van der Waals surface area contributed by atoms with Gasteiger partial charge in [0.15, 0.2) is 5.65 Å². The lowest BCUT2D eigenvalue weighted by Crippen LogP contribution is -1.78. The first kappa shape index (κ1) is 5.80. The summed E-state index contributed by atoms with van der Waals surface area (Å²) in [6.45, 7) is 1.91. The van der Waals surface area contributed by atoms with Crippen LogP contribution in [0.4, 0.5) is 0 Å². The highest BCUT2D eigenvalue weighted by molar-refractivity contribution is 6.34. The fraction of sp³-hybridized carbons (Fsp3) is 0.167. The molecule has 52 valence electrons. The molecule has 0 aliphatic heterocycles. The number of rotatable bonds is 0. The SMILES string of the molecule is Cc1[nH]n2ccnc2c1Cl. The van der Waals surface area contributed by atoms with Gasteiger partial charge in [0.1, 0.15) is 5.02 Å². The van der Waals surface area contributed by atoms with Crippen LogP contribution in [0.15, 0.2) is 12.4 Å². The van der Waals surface area contributed by atoms with Crippen LogP contribution in [0.25, 0.3) is 5.65 Å². The number of nitrogens with zero attached hydrogens (tertiary/aromatic N) is 2. The molecule has 4 heteroatoms. The summed E-state index contributed by atoms with van der Waals surface area (Å²) >= 11 is 5.87. The molecule has 10 heavy (non-hydrogen) atoms. The zero-order valence-corrected chi connectivity index (χ0v) is 6.18. The van der Waals surface area contributed by atoms with Gasteiger partial charge in [-0.3, -0.25) is 5.10 Å². The van der Waals surface area contributed by atoms with Gasteiger partial charge in [-0.1, -0.05) is 11.6 Å². The molecule has 0 fully saturated rings. The molecule has 2 heterocycles. The third-order valence-electron chi connectivity index (χ3n) is 1.45. The van der Waals surface area contributed by atoms with Crippen molar-refractivity contribution < 1.29 is 0 Å². The van der Waals surface area contributed by atoms with Crippen molar-refractivity contribution in [1.29, 1.82) is 0 Å². The van der Waals surface area contributed by atoms with Crippen molar-refractivity contribution in [2.75, 3.05) is 0 Å². The number of aromatic amines is 1. The normalized spacial score (nSPS) is 11.0. The molecule has 0 spiro atoms. The highest BCUT2D eigenvalue weighted by Gasteiger charge is 2.04. The lowest BCUT2D eigenvalue weighted by Gasteiger charge is -1.79. The minimum Gasteiger partial charge on any atom is -0.296 e. The third kappa shape index (κ3) is 0.580. The van der Waals surface area contributed by atoms with Gasteiger partial charge in [0.05, 0.1) is 5.69 Å². The summed E-state index contributed by atoms with van der Waals surface area (Å²) in [5.41, 5.74) is 1.74. The van der Waals surface area contributed by atoms with Crippen LogP contribution in [0.1, 0.15) is 5.69 Å². The van der Waals surface area contributed by atoms with Crippen molar-refractivity contribution in [2.45, 2.75) is 6.92 Å². The van der Waals surface area contributed by atoms with Crippen LogP contribution >= 0.6 is 11.6 Å². The van der Waals surface area contributed by atoms with Gasteiger partial charge in [0, 0.05) is 12.4 Å². The topological polar surface area (TPSA) is 33.1 Å². The first-order valence-corrected chi connectivity index (χ1v) is 3.34. The maximum atomic E-state index is 5.87. The summed E-state index contributed by atoms with van der Waals surface area (Å²) in [6, 6.07) is 0. The van der Waals surface area contributed by atoms with Crippen LogP contribution in [-0.2, 0) is 0 Å². The molecule has 0 atom stereocenters. The number of nitrogens with one attached hydrogen (secondary N) is 1. The molecule has 0 aliphatic carbocycles. The Bertz CT molecular complexity index is 360. The second-order valence-corrected chi connectivity index (χ2v) is 2.55. The molecule has 1 N–H and O–H groups in total. The van der Waals surface area contributed by atoms with Crippen molar-refractivity contribution in [1.82, 2.24) is 14.6 Å². The van der Waals surface area contributed by atoms with Crippen LogP contribution in [0.2, 0.25) is 5.02 Å². The summed E-state index contributed by atoms with van der Waals surface area (Å²) < 4.78 is 1.79. The number of aromatic nitrogens is 3. The Balaban J connectivity index is 2.95. The van der Waals surface area contributed by atoms with Crippen molar-refractivity contribution >= 4 is 17.2 Å². The maximum Gasteiger partial charge on any atom is 0.172 e. The number of H-pyrrole nitrogens is 1. The van der Waals surface area contributed by atoms with Crippen molar-refractivity contribution in [3.8, 4) is 0 Å². The van der Waals surface area contributed by atoms with E-state index in [0.717, 1.165) is 11.3 Å². The lowest BCUT2D eigenvalue weighted by molar-refractivity contribution is 0.944. The molecular weight excluding hydrogens is 150 g/mol. The highest BCUT2D eigenvalue weighted by Crippen LogP contribution is 2.18. The van der Waals surface area contributed by atoms with E-state index in [1.165, 1.54) is 0 Å². The van der Waals surface area contributed by atoms with E-state index < -0.39 is 0 Å². The number of fused-ring (bicyclic) bond motifs is 1. The number of aryl methyl sites for hydroxylation is 1. The molecule has 0 unspecified atom stereocenters. The van der Waals surface area contributed by atoms with E-state index >= 15 is 0 Å². The van der Waals surface area contributed by atoms with Gasteiger partial charge in [0.25, 0.3) is 0 Å². The number of hydrogen-bond acceptors (Lipinski definition) is 1. The van der Waals surface area contributed by atoms with Gasteiger partial charge >= 0.3 is 0 Å². The summed E-state index contributed by atoms with van der Waals surface area (Å²) in [5.74, 6) is 0. The predicted molar refractivity (Wildman–Crippen MR) is 39.3 cm³/mol. The molecular formula is C6H6ClN3. The molecule has 0 radical (unpaired) electrons. The smallest absolute Gasteiger partial charge is 0.172 e. The summed E-state index contributed by atoms with van der Waals surface area (Å²) in [4.78, 5) is 4.04. The fourth-order valence-electron chi connectivity index (χ4n) is 0.954. The van der Waals surface area contributed by atoms with Gasteiger partial charge in [-0.25, -0.2) is 9.50 Å². The van der Waals surface area contributed by atoms with E-state index in [2.05, 4.69) is 10.1 Å². The maximum absolute atomic E-state index is 5.87. The zero-order chi connectivity index (χ0) is 7.14. The minimum atomic E-state index is 0.699. The Morgan fingerprint density at radius 1 is 1.70 bits per heavy atom. The van der Waals surface area contributed by atoms with Gasteiger partial charge < -0.3 is 0 Å². The summed E-state index contributed by atoms with van der Waals surface area (Å²) in [7, 11) is 0. The third-order valence-corrected chi connectivity index (χ3v) is 1.91. The average molecular weight is 156 g/mol. The van der Waals surface area contributed by atoms with Gasteiger partial charge in [-0.15, -0.1) is 0 Å². The van der Waals surface area contributed by atoms with Crippen molar-refractivity contribution in [3.05, 3.63) is 23.1 Å². The Kier molecular flexibility index (Phi) is 1.02. The zero-order valence-electron chi connectivity index (χ0n) is 5.43. The molecule has 3 nitrogen and oxygen atoms in total. The highest BCUT2D eigenvalue weighted by atomic mass is 35.5. The predicted octanol–water partition coefficient (Wildman–Crippen LogP) is 1.62. The Hall–Kier alpha value is -0.960. The number of hydrogen-bond donors (Lipinski definition) is 1. The second kappa shape index (κ2) is 1.76.